The highest BCUT2D eigenvalue weighted by atomic mass is 31.2. The first-order chi connectivity index (χ1) is 7.97. The lowest BCUT2D eigenvalue weighted by molar-refractivity contribution is -0.140. The molecule has 0 aromatic rings. The van der Waals surface area contributed by atoms with E-state index in [9.17, 15) is 14.5 Å². The van der Waals surface area contributed by atoms with Crippen LogP contribution < -0.4 is 5.32 Å². The summed E-state index contributed by atoms with van der Waals surface area (Å²) in [6.07, 6.45) is -1.37. The fourth-order valence-electron chi connectivity index (χ4n) is 1.09. The summed E-state index contributed by atoms with van der Waals surface area (Å²) in [6.45, 7) is 3.64. The lowest BCUT2D eigenvalue weighted by Gasteiger charge is -2.20. The van der Waals surface area contributed by atoms with Crippen molar-refractivity contribution in [3.63, 3.8) is 0 Å². The van der Waals surface area contributed by atoms with Crippen LogP contribution in [0.15, 0.2) is 0 Å². The molecule has 17 heavy (non-hydrogen) atoms. The van der Waals surface area contributed by atoms with E-state index in [0.29, 0.717) is 0 Å². The Labute approximate surface area is 101 Å². The van der Waals surface area contributed by atoms with Gasteiger partial charge in [-0.05, 0) is 13.8 Å². The molecule has 0 saturated carbocycles. The number of rotatable bonds is 9. The molecule has 0 radical (unpaired) electrons. The topological polar surface area (TPSA) is 94.1 Å². The van der Waals surface area contributed by atoms with Gasteiger partial charge in [0.1, 0.15) is 6.23 Å². The van der Waals surface area contributed by atoms with Crippen molar-refractivity contribution in [1.82, 2.24) is 5.32 Å². The largest absolute Gasteiger partial charge is 0.468 e. The standard InChI is InChI=1S/C9H20NO6P/c1-4-15-17(13,16-5-2)7-8(11)10-6-9(12)14-3/h8,10-11H,4-7H2,1-3H3. The first kappa shape index (κ1) is 16.5. The predicted molar refractivity (Wildman–Crippen MR) is 61.8 cm³/mol. The minimum Gasteiger partial charge on any atom is -0.468 e. The second-order valence-corrected chi connectivity index (χ2v) is 5.21. The van der Waals surface area contributed by atoms with Crippen molar-refractivity contribution in [2.75, 3.05) is 33.0 Å². The van der Waals surface area contributed by atoms with Crippen LogP contribution in [0.1, 0.15) is 13.8 Å². The Balaban J connectivity index is 4.16. The monoisotopic (exact) mass is 269 g/mol. The molecule has 0 rings (SSSR count). The third-order valence-electron chi connectivity index (χ3n) is 1.76. The zero-order valence-corrected chi connectivity index (χ0v) is 11.2. The number of methoxy groups -OCH3 is 1. The van der Waals surface area contributed by atoms with E-state index >= 15 is 0 Å². The molecule has 0 aromatic heterocycles. The van der Waals surface area contributed by atoms with E-state index in [4.69, 9.17) is 9.05 Å². The fourth-order valence-corrected chi connectivity index (χ4v) is 2.71. The van der Waals surface area contributed by atoms with Gasteiger partial charge in [0, 0.05) is 0 Å². The van der Waals surface area contributed by atoms with E-state index < -0.39 is 19.8 Å². The molecule has 0 heterocycles. The molecular formula is C9H20NO6P. The van der Waals surface area contributed by atoms with Gasteiger partial charge in [0.15, 0.2) is 0 Å². The van der Waals surface area contributed by atoms with Crippen LogP contribution in [0, 0.1) is 0 Å². The minimum absolute atomic E-state index is 0.171. The normalized spacial score (nSPS) is 13.4. The molecule has 0 saturated heterocycles. The Morgan fingerprint density at radius 3 is 2.29 bits per heavy atom. The minimum atomic E-state index is -3.31. The first-order valence-electron chi connectivity index (χ1n) is 5.33. The van der Waals surface area contributed by atoms with Gasteiger partial charge in [-0.1, -0.05) is 0 Å². The van der Waals surface area contributed by atoms with Crippen molar-refractivity contribution in [2.24, 2.45) is 0 Å². The fraction of sp³-hybridized carbons (Fsp3) is 0.889. The van der Waals surface area contributed by atoms with Crippen molar-refractivity contribution >= 4 is 13.6 Å². The number of hydrogen-bond donors (Lipinski definition) is 2. The summed E-state index contributed by atoms with van der Waals surface area (Å²) in [4.78, 5) is 10.8. The van der Waals surface area contributed by atoms with Gasteiger partial charge in [0.2, 0.25) is 0 Å². The van der Waals surface area contributed by atoms with Crippen LogP contribution in [-0.4, -0.2) is 50.3 Å². The second-order valence-electron chi connectivity index (χ2n) is 3.10. The molecule has 0 aliphatic rings. The van der Waals surface area contributed by atoms with Crippen LogP contribution >= 0.6 is 7.60 Å². The van der Waals surface area contributed by atoms with E-state index in [1.54, 1.807) is 13.8 Å². The van der Waals surface area contributed by atoms with E-state index in [2.05, 4.69) is 10.1 Å². The van der Waals surface area contributed by atoms with Gasteiger partial charge in [0.05, 0.1) is 33.0 Å². The zero-order chi connectivity index (χ0) is 13.3. The van der Waals surface area contributed by atoms with E-state index in [0.717, 1.165) is 0 Å². The number of carbonyl (C=O) groups excluding carboxylic acids is 1. The van der Waals surface area contributed by atoms with E-state index in [-0.39, 0.29) is 25.9 Å². The SMILES string of the molecule is CCOP(=O)(CC(O)NCC(=O)OC)OCC. The van der Waals surface area contributed by atoms with Gasteiger partial charge in [-0.25, -0.2) is 0 Å². The van der Waals surface area contributed by atoms with Gasteiger partial charge in [-0.2, -0.15) is 0 Å². The summed E-state index contributed by atoms with van der Waals surface area (Å²) in [7, 11) is -2.07. The van der Waals surface area contributed by atoms with Gasteiger partial charge in [-0.15, -0.1) is 0 Å². The maximum absolute atomic E-state index is 12.0. The quantitative estimate of drug-likeness (QED) is 0.354. The van der Waals surface area contributed by atoms with Crippen LogP contribution in [0.2, 0.25) is 0 Å². The summed E-state index contributed by atoms with van der Waals surface area (Å²) in [5.74, 6) is -0.522. The molecular weight excluding hydrogens is 249 g/mol. The number of esters is 1. The Bertz CT molecular complexity index is 262. The van der Waals surface area contributed by atoms with Crippen LogP contribution in [0.4, 0.5) is 0 Å². The molecule has 102 valence electrons. The zero-order valence-electron chi connectivity index (χ0n) is 10.3. The number of hydrogen-bond acceptors (Lipinski definition) is 7. The predicted octanol–water partition coefficient (Wildman–Crippen LogP) is 0.333. The number of ether oxygens (including phenoxy) is 1. The maximum Gasteiger partial charge on any atom is 0.334 e. The Morgan fingerprint density at radius 1 is 1.35 bits per heavy atom. The molecule has 7 nitrogen and oxygen atoms in total. The number of carbonyl (C=O) groups is 1. The summed E-state index contributed by atoms with van der Waals surface area (Å²) < 4.78 is 26.3. The molecule has 0 amide bonds. The van der Waals surface area contributed by atoms with Gasteiger partial charge >= 0.3 is 13.6 Å². The average Bonchev–Trinajstić information content (AvgIpc) is 2.26. The smallest absolute Gasteiger partial charge is 0.334 e. The van der Waals surface area contributed by atoms with Gasteiger partial charge in [0.25, 0.3) is 0 Å². The molecule has 0 aromatic carbocycles. The third-order valence-corrected chi connectivity index (χ3v) is 3.85. The Morgan fingerprint density at radius 2 is 1.88 bits per heavy atom. The molecule has 1 unspecified atom stereocenters. The molecule has 0 bridgehead atoms. The Hall–Kier alpha value is -0.460. The lowest BCUT2D eigenvalue weighted by atomic mass is 10.6. The van der Waals surface area contributed by atoms with E-state index in [1.807, 2.05) is 0 Å². The van der Waals surface area contributed by atoms with Crippen LogP contribution in [0.3, 0.4) is 0 Å². The highest BCUT2D eigenvalue weighted by molar-refractivity contribution is 7.53. The second kappa shape index (κ2) is 8.60. The molecule has 2 N–H and O–H groups in total. The lowest BCUT2D eigenvalue weighted by Crippen LogP contribution is -2.36. The average molecular weight is 269 g/mol. The molecule has 8 heteroatoms. The molecule has 0 spiro atoms. The van der Waals surface area contributed by atoms with Crippen molar-refractivity contribution in [1.29, 1.82) is 0 Å². The van der Waals surface area contributed by atoms with Crippen LogP contribution in [-0.2, 0) is 23.1 Å². The van der Waals surface area contributed by atoms with Crippen molar-refractivity contribution in [2.45, 2.75) is 20.1 Å². The number of nitrogens with one attached hydrogen (secondary N) is 1. The molecule has 0 aliphatic heterocycles. The van der Waals surface area contributed by atoms with Gasteiger partial charge in [-0.3, -0.25) is 14.7 Å². The van der Waals surface area contributed by atoms with E-state index in [1.165, 1.54) is 7.11 Å². The maximum atomic E-state index is 12.0. The van der Waals surface area contributed by atoms with Crippen molar-refractivity contribution in [3.05, 3.63) is 0 Å². The highest BCUT2D eigenvalue weighted by Crippen LogP contribution is 2.48. The molecule has 1 atom stereocenters. The van der Waals surface area contributed by atoms with Crippen LogP contribution in [0.5, 0.6) is 0 Å². The summed E-state index contributed by atoms with van der Waals surface area (Å²) in [5.41, 5.74) is 0. The first-order valence-corrected chi connectivity index (χ1v) is 7.06. The van der Waals surface area contributed by atoms with Crippen LogP contribution in [0.25, 0.3) is 0 Å². The Kier molecular flexibility index (Phi) is 8.37. The molecule has 0 fully saturated rings. The van der Waals surface area contributed by atoms with Crippen molar-refractivity contribution in [3.8, 4) is 0 Å². The highest BCUT2D eigenvalue weighted by Gasteiger charge is 2.27. The third kappa shape index (κ3) is 7.46. The summed E-state index contributed by atoms with van der Waals surface area (Å²) in [5, 5.41) is 12.0. The summed E-state index contributed by atoms with van der Waals surface area (Å²) >= 11 is 0. The number of aliphatic hydroxyl groups is 1. The number of aliphatic hydroxyl groups excluding tert-OH is 1. The molecule has 0 aliphatic carbocycles. The summed E-state index contributed by atoms with van der Waals surface area (Å²) in [6, 6.07) is 0. The van der Waals surface area contributed by atoms with Crippen molar-refractivity contribution < 1.29 is 28.3 Å². The van der Waals surface area contributed by atoms with Gasteiger partial charge < -0.3 is 18.9 Å².